The number of nitriles is 1. The van der Waals surface area contributed by atoms with Gasteiger partial charge in [0, 0.05) is 20.1 Å². The van der Waals surface area contributed by atoms with E-state index in [0.717, 1.165) is 30.9 Å². The van der Waals surface area contributed by atoms with Gasteiger partial charge < -0.3 is 16.0 Å². The van der Waals surface area contributed by atoms with Crippen molar-refractivity contribution in [1.82, 2.24) is 5.32 Å². The Labute approximate surface area is 104 Å². The van der Waals surface area contributed by atoms with E-state index in [2.05, 4.69) is 16.3 Å². The highest BCUT2D eigenvalue weighted by Gasteiger charge is 2.25. The normalized spacial score (nSPS) is 14.7. The minimum Gasteiger partial charge on any atom is -0.396 e. The quantitative estimate of drug-likeness (QED) is 0.825. The molecule has 0 saturated carbocycles. The highest BCUT2D eigenvalue weighted by atomic mass is 32.1. The minimum absolute atomic E-state index is 0.227. The number of amides is 1. The van der Waals surface area contributed by atoms with Gasteiger partial charge in [-0.25, -0.2) is 0 Å². The van der Waals surface area contributed by atoms with Crippen molar-refractivity contribution in [2.75, 3.05) is 30.8 Å². The van der Waals surface area contributed by atoms with Crippen LogP contribution in [0.3, 0.4) is 0 Å². The molecule has 90 valence electrons. The number of rotatable bonds is 2. The molecule has 1 fully saturated rings. The standard InChI is InChI=1S/C11H14N4OS/c1-14-10(16)9-8(13)7(6-12)11(17-9)15-4-2-3-5-15/h2-5,13H2,1H3,(H,14,16). The Morgan fingerprint density at radius 3 is 2.71 bits per heavy atom. The third kappa shape index (κ3) is 1.94. The summed E-state index contributed by atoms with van der Waals surface area (Å²) >= 11 is 1.31. The van der Waals surface area contributed by atoms with Crippen molar-refractivity contribution in [1.29, 1.82) is 5.26 Å². The average Bonchev–Trinajstić information content (AvgIpc) is 2.95. The van der Waals surface area contributed by atoms with Gasteiger partial charge in [0.1, 0.15) is 21.5 Å². The van der Waals surface area contributed by atoms with Crippen LogP contribution in [-0.4, -0.2) is 26.0 Å². The zero-order valence-corrected chi connectivity index (χ0v) is 10.4. The molecule has 0 unspecified atom stereocenters. The predicted octanol–water partition coefficient (Wildman–Crippen LogP) is 1.16. The topological polar surface area (TPSA) is 82.2 Å². The molecule has 1 aromatic rings. The highest BCUT2D eigenvalue weighted by molar-refractivity contribution is 7.19. The lowest BCUT2D eigenvalue weighted by molar-refractivity contribution is 0.0968. The first-order valence-electron chi connectivity index (χ1n) is 5.48. The van der Waals surface area contributed by atoms with Gasteiger partial charge in [-0.3, -0.25) is 4.79 Å². The summed E-state index contributed by atoms with van der Waals surface area (Å²) in [7, 11) is 1.56. The van der Waals surface area contributed by atoms with Crippen LogP contribution in [0.2, 0.25) is 0 Å². The van der Waals surface area contributed by atoms with E-state index in [4.69, 9.17) is 11.0 Å². The van der Waals surface area contributed by atoms with E-state index < -0.39 is 0 Å². The second-order valence-electron chi connectivity index (χ2n) is 3.91. The molecule has 0 aliphatic carbocycles. The number of hydrogen-bond acceptors (Lipinski definition) is 5. The van der Waals surface area contributed by atoms with Crippen LogP contribution in [0, 0.1) is 11.3 Å². The third-order valence-corrected chi connectivity index (χ3v) is 4.13. The molecule has 0 spiro atoms. The van der Waals surface area contributed by atoms with Crippen LogP contribution in [0.4, 0.5) is 10.7 Å². The molecule has 5 nitrogen and oxygen atoms in total. The first-order valence-corrected chi connectivity index (χ1v) is 6.30. The Bertz CT molecular complexity index is 482. The zero-order valence-electron chi connectivity index (χ0n) is 9.62. The van der Waals surface area contributed by atoms with E-state index in [9.17, 15) is 4.79 Å². The van der Waals surface area contributed by atoms with Gasteiger partial charge in [0.25, 0.3) is 5.91 Å². The monoisotopic (exact) mass is 250 g/mol. The lowest BCUT2D eigenvalue weighted by atomic mass is 10.2. The van der Waals surface area contributed by atoms with Gasteiger partial charge in [-0.2, -0.15) is 5.26 Å². The first-order chi connectivity index (χ1) is 8.19. The van der Waals surface area contributed by atoms with Crippen LogP contribution in [0.15, 0.2) is 0 Å². The van der Waals surface area contributed by atoms with E-state index in [0.29, 0.717) is 16.1 Å². The van der Waals surface area contributed by atoms with E-state index in [1.807, 2.05) is 0 Å². The zero-order chi connectivity index (χ0) is 12.4. The summed E-state index contributed by atoms with van der Waals surface area (Å²) in [4.78, 5) is 14.2. The van der Waals surface area contributed by atoms with Crippen LogP contribution in [-0.2, 0) is 0 Å². The summed E-state index contributed by atoms with van der Waals surface area (Å²) in [6.07, 6.45) is 2.25. The number of nitrogens with zero attached hydrogens (tertiary/aromatic N) is 2. The smallest absolute Gasteiger partial charge is 0.263 e. The molecule has 0 aromatic carbocycles. The first kappa shape index (κ1) is 11.7. The Morgan fingerprint density at radius 1 is 1.53 bits per heavy atom. The van der Waals surface area contributed by atoms with E-state index in [1.54, 1.807) is 7.05 Å². The molecule has 1 aliphatic heterocycles. The second kappa shape index (κ2) is 4.63. The number of carbonyl (C=O) groups excluding carboxylic acids is 1. The SMILES string of the molecule is CNC(=O)c1sc(N2CCCC2)c(C#N)c1N. The van der Waals surface area contributed by atoms with Crippen molar-refractivity contribution in [2.24, 2.45) is 0 Å². The maximum atomic E-state index is 11.6. The van der Waals surface area contributed by atoms with Gasteiger partial charge in [0.2, 0.25) is 0 Å². The third-order valence-electron chi connectivity index (χ3n) is 2.86. The van der Waals surface area contributed by atoms with Gasteiger partial charge >= 0.3 is 0 Å². The number of nitrogens with one attached hydrogen (secondary N) is 1. The number of carbonyl (C=O) groups is 1. The molecule has 1 aromatic heterocycles. The summed E-state index contributed by atoms with van der Waals surface area (Å²) < 4.78 is 0. The Balaban J connectivity index is 2.45. The average molecular weight is 250 g/mol. The molecular formula is C11H14N4OS. The minimum atomic E-state index is -0.227. The van der Waals surface area contributed by atoms with Crippen molar-refractivity contribution in [2.45, 2.75) is 12.8 Å². The lowest BCUT2D eigenvalue weighted by Gasteiger charge is -2.14. The maximum absolute atomic E-state index is 11.6. The fourth-order valence-electron chi connectivity index (χ4n) is 1.96. The van der Waals surface area contributed by atoms with Gasteiger partial charge in [0.15, 0.2) is 0 Å². The second-order valence-corrected chi connectivity index (χ2v) is 4.91. The van der Waals surface area contributed by atoms with Crippen LogP contribution < -0.4 is 16.0 Å². The number of thiophene rings is 1. The van der Waals surface area contributed by atoms with E-state index in [-0.39, 0.29) is 5.91 Å². The van der Waals surface area contributed by atoms with Crippen LogP contribution in [0.1, 0.15) is 28.1 Å². The molecule has 0 bridgehead atoms. The fourth-order valence-corrected chi connectivity index (χ4v) is 3.13. The molecular weight excluding hydrogens is 236 g/mol. The highest BCUT2D eigenvalue weighted by Crippen LogP contribution is 2.39. The maximum Gasteiger partial charge on any atom is 0.263 e. The van der Waals surface area contributed by atoms with Gasteiger partial charge in [-0.05, 0) is 12.8 Å². The van der Waals surface area contributed by atoms with Crippen molar-refractivity contribution >= 4 is 27.9 Å². The predicted molar refractivity (Wildman–Crippen MR) is 68.3 cm³/mol. The number of nitrogen functional groups attached to an aromatic ring is 1. The molecule has 2 heterocycles. The van der Waals surface area contributed by atoms with Crippen LogP contribution in [0.5, 0.6) is 0 Å². The molecule has 1 amide bonds. The molecule has 2 rings (SSSR count). The largest absolute Gasteiger partial charge is 0.396 e. The van der Waals surface area contributed by atoms with Crippen molar-refractivity contribution in [3.63, 3.8) is 0 Å². The molecule has 1 aliphatic rings. The Morgan fingerprint density at radius 2 is 2.18 bits per heavy atom. The molecule has 1 saturated heterocycles. The summed E-state index contributed by atoms with van der Waals surface area (Å²) in [5.74, 6) is -0.227. The number of anilines is 2. The fraction of sp³-hybridized carbons (Fsp3) is 0.455. The molecule has 0 atom stereocenters. The van der Waals surface area contributed by atoms with Crippen molar-refractivity contribution < 1.29 is 4.79 Å². The van der Waals surface area contributed by atoms with Crippen LogP contribution in [0.25, 0.3) is 0 Å². The summed E-state index contributed by atoms with van der Waals surface area (Å²) in [5, 5.41) is 12.5. The van der Waals surface area contributed by atoms with Gasteiger partial charge in [0.05, 0.1) is 5.69 Å². The van der Waals surface area contributed by atoms with E-state index in [1.165, 1.54) is 11.3 Å². The number of hydrogen-bond donors (Lipinski definition) is 2. The Hall–Kier alpha value is -1.74. The molecule has 0 radical (unpaired) electrons. The van der Waals surface area contributed by atoms with Gasteiger partial charge in [-0.1, -0.05) is 0 Å². The molecule has 3 N–H and O–H groups in total. The summed E-state index contributed by atoms with van der Waals surface area (Å²) in [6.45, 7) is 1.86. The lowest BCUT2D eigenvalue weighted by Crippen LogP contribution is -2.17. The van der Waals surface area contributed by atoms with Crippen molar-refractivity contribution in [3.05, 3.63) is 10.4 Å². The summed E-state index contributed by atoms with van der Waals surface area (Å²) in [6, 6.07) is 2.10. The van der Waals surface area contributed by atoms with Gasteiger partial charge in [-0.15, -0.1) is 11.3 Å². The summed E-state index contributed by atoms with van der Waals surface area (Å²) in [5.41, 5.74) is 6.60. The van der Waals surface area contributed by atoms with Crippen molar-refractivity contribution in [3.8, 4) is 6.07 Å². The number of nitrogens with two attached hydrogens (primary N) is 1. The van der Waals surface area contributed by atoms with E-state index >= 15 is 0 Å². The molecule has 17 heavy (non-hydrogen) atoms. The van der Waals surface area contributed by atoms with Crippen LogP contribution >= 0.6 is 11.3 Å². The molecule has 6 heteroatoms. The Kier molecular flexibility index (Phi) is 3.20.